The maximum atomic E-state index is 13.0. The normalized spacial score (nSPS) is 25.4. The lowest BCUT2D eigenvalue weighted by Crippen LogP contribution is -2.67. The second-order valence-electron chi connectivity index (χ2n) is 10.2. The molecule has 0 aromatic heterocycles. The van der Waals surface area contributed by atoms with Crippen LogP contribution in [0.4, 0.5) is 0 Å². The van der Waals surface area contributed by atoms with Crippen LogP contribution in [0.15, 0.2) is 67.3 Å². The van der Waals surface area contributed by atoms with E-state index < -0.39 is 5.60 Å². The fourth-order valence-electron chi connectivity index (χ4n) is 6.24. The molecule has 1 N–H and O–H groups in total. The molecule has 1 saturated heterocycles. The summed E-state index contributed by atoms with van der Waals surface area (Å²) in [5, 5.41) is 3.24. The zero-order chi connectivity index (χ0) is 27.2. The zero-order valence-electron chi connectivity index (χ0n) is 22.6. The van der Waals surface area contributed by atoms with Gasteiger partial charge in [-0.15, -0.1) is 6.58 Å². The van der Waals surface area contributed by atoms with Crippen molar-refractivity contribution in [2.45, 2.75) is 49.7 Å². The molecule has 0 bridgehead atoms. The van der Waals surface area contributed by atoms with Gasteiger partial charge < -0.3 is 19.5 Å². The third kappa shape index (κ3) is 5.84. The number of fused-ring (bicyclic) bond motifs is 1. The van der Waals surface area contributed by atoms with Crippen molar-refractivity contribution >= 4 is 18.0 Å². The molecule has 2 aromatic rings. The molecule has 3 unspecified atom stereocenters. The molecule has 2 fully saturated rings. The molecule has 4 rings (SSSR count). The zero-order valence-corrected chi connectivity index (χ0v) is 22.6. The van der Waals surface area contributed by atoms with Crippen LogP contribution in [0.25, 0.3) is 6.08 Å². The van der Waals surface area contributed by atoms with E-state index in [4.69, 9.17) is 14.2 Å². The number of carbonyl (C=O) groups excluding carboxylic acids is 2. The largest absolute Gasteiger partial charge is 0.497 e. The summed E-state index contributed by atoms with van der Waals surface area (Å²) in [6.07, 6.45) is 8.48. The van der Waals surface area contributed by atoms with Crippen molar-refractivity contribution in [3.8, 4) is 11.5 Å². The van der Waals surface area contributed by atoms with E-state index >= 15 is 0 Å². The number of hydrogen-bond donors (Lipinski definition) is 1. The van der Waals surface area contributed by atoms with Gasteiger partial charge in [0.1, 0.15) is 11.5 Å². The van der Waals surface area contributed by atoms with Crippen LogP contribution in [-0.4, -0.2) is 62.3 Å². The Kier molecular flexibility index (Phi) is 8.69. The van der Waals surface area contributed by atoms with Crippen molar-refractivity contribution in [3.63, 3.8) is 0 Å². The topological polar surface area (TPSA) is 77.1 Å². The number of hydrogen-bond acceptors (Lipinski definition) is 6. The molecule has 0 spiro atoms. The minimum Gasteiger partial charge on any atom is -0.497 e. The van der Waals surface area contributed by atoms with Gasteiger partial charge in [-0.2, -0.15) is 0 Å². The van der Waals surface area contributed by atoms with Gasteiger partial charge in [0, 0.05) is 44.7 Å². The summed E-state index contributed by atoms with van der Waals surface area (Å²) >= 11 is 0. The Morgan fingerprint density at radius 1 is 1.13 bits per heavy atom. The first kappa shape index (κ1) is 27.6. The first-order valence-corrected chi connectivity index (χ1v) is 13.1. The second kappa shape index (κ2) is 12.0. The number of rotatable bonds is 9. The van der Waals surface area contributed by atoms with E-state index in [2.05, 4.69) is 22.9 Å². The highest BCUT2D eigenvalue weighted by molar-refractivity contribution is 5.92. The Morgan fingerprint density at radius 3 is 2.66 bits per heavy atom. The fraction of sp³-hybridized carbons (Fsp3) is 0.419. The number of benzene rings is 2. The van der Waals surface area contributed by atoms with Gasteiger partial charge in [-0.1, -0.05) is 30.3 Å². The van der Waals surface area contributed by atoms with Crippen LogP contribution in [0.1, 0.15) is 43.7 Å². The van der Waals surface area contributed by atoms with Crippen LogP contribution in [0.5, 0.6) is 11.5 Å². The lowest BCUT2D eigenvalue weighted by Gasteiger charge is -2.59. The van der Waals surface area contributed by atoms with Gasteiger partial charge >= 0.3 is 5.97 Å². The van der Waals surface area contributed by atoms with Crippen LogP contribution < -0.4 is 14.8 Å². The van der Waals surface area contributed by atoms with Gasteiger partial charge in [-0.3, -0.25) is 14.5 Å². The summed E-state index contributed by atoms with van der Waals surface area (Å²) in [5.41, 5.74) is 1.17. The Morgan fingerprint density at radius 2 is 1.92 bits per heavy atom. The summed E-state index contributed by atoms with van der Waals surface area (Å²) in [5.74, 6) is 0.789. The van der Waals surface area contributed by atoms with Gasteiger partial charge in [-0.05, 0) is 73.7 Å². The molecule has 1 amide bonds. The highest BCUT2D eigenvalue weighted by Crippen LogP contribution is 2.53. The molecular formula is C31H38N2O5. The van der Waals surface area contributed by atoms with Crippen LogP contribution in [0, 0.1) is 0 Å². The van der Waals surface area contributed by atoms with Crippen molar-refractivity contribution in [1.29, 1.82) is 0 Å². The maximum Gasteiger partial charge on any atom is 0.308 e. The van der Waals surface area contributed by atoms with E-state index in [0.717, 1.165) is 62.2 Å². The maximum absolute atomic E-state index is 13.0. The molecule has 1 heterocycles. The molecule has 1 aliphatic heterocycles. The number of nitrogens with one attached hydrogen (secondary N) is 1. The van der Waals surface area contributed by atoms with Crippen LogP contribution in [0.3, 0.4) is 0 Å². The average molecular weight is 519 g/mol. The number of carbonyl (C=O) groups is 2. The number of methoxy groups -OCH3 is 2. The molecule has 3 atom stereocenters. The summed E-state index contributed by atoms with van der Waals surface area (Å²) in [7, 11) is 3.41. The standard InChI is InChI=1S/C31H38N2O5/c1-5-17-33-18-16-30(25-9-7-11-28(20-25)38-23(2)34)21-26(14-15-31(30,22-33)37-4)32-29(35)13-12-24-8-6-10-27(19-24)36-3/h5-13,19-20,26H,1,14-18,21-22H2,2-4H3,(H,32,35)/b13-12+. The highest BCUT2D eigenvalue weighted by atomic mass is 16.5. The summed E-state index contributed by atoms with van der Waals surface area (Å²) < 4.78 is 17.1. The van der Waals surface area contributed by atoms with Gasteiger partial charge in [0.2, 0.25) is 5.91 Å². The molecule has 2 aromatic carbocycles. The first-order chi connectivity index (χ1) is 18.3. The summed E-state index contributed by atoms with van der Waals surface area (Å²) in [6.45, 7) is 7.77. The predicted octanol–water partition coefficient (Wildman–Crippen LogP) is 4.52. The smallest absolute Gasteiger partial charge is 0.308 e. The van der Waals surface area contributed by atoms with Crippen molar-refractivity contribution in [1.82, 2.24) is 10.2 Å². The van der Waals surface area contributed by atoms with E-state index in [9.17, 15) is 9.59 Å². The molecule has 0 radical (unpaired) electrons. The molecule has 202 valence electrons. The Hall–Kier alpha value is -3.42. The van der Waals surface area contributed by atoms with Crippen molar-refractivity contribution < 1.29 is 23.8 Å². The van der Waals surface area contributed by atoms with E-state index in [1.165, 1.54) is 6.92 Å². The quantitative estimate of drug-likeness (QED) is 0.228. The predicted molar refractivity (Wildman–Crippen MR) is 148 cm³/mol. The first-order valence-electron chi connectivity index (χ1n) is 13.1. The lowest BCUT2D eigenvalue weighted by molar-refractivity contribution is -0.149. The minimum atomic E-state index is -0.444. The van der Waals surface area contributed by atoms with Gasteiger partial charge in [0.05, 0.1) is 12.7 Å². The number of ether oxygens (including phenoxy) is 3. The number of likely N-dealkylation sites (tertiary alicyclic amines) is 1. The minimum absolute atomic E-state index is 0.0240. The highest BCUT2D eigenvalue weighted by Gasteiger charge is 2.58. The van der Waals surface area contributed by atoms with Crippen LogP contribution in [-0.2, 0) is 19.7 Å². The van der Waals surface area contributed by atoms with Crippen molar-refractivity contribution in [2.24, 2.45) is 0 Å². The molecule has 38 heavy (non-hydrogen) atoms. The Balaban J connectivity index is 1.60. The number of piperidine rings is 1. The SMILES string of the molecule is C=CCN1CCC2(c3cccc(OC(C)=O)c3)CC(NC(=O)/C=C/c3cccc(OC)c3)CCC2(OC)C1. The van der Waals surface area contributed by atoms with E-state index in [1.807, 2.05) is 42.5 Å². The third-order valence-electron chi connectivity index (χ3n) is 7.99. The lowest BCUT2D eigenvalue weighted by atomic mass is 9.55. The summed E-state index contributed by atoms with van der Waals surface area (Å²) in [6, 6.07) is 15.4. The van der Waals surface area contributed by atoms with E-state index in [1.54, 1.807) is 32.4 Å². The Labute approximate surface area is 225 Å². The number of nitrogens with zero attached hydrogens (tertiary/aromatic N) is 1. The molecular weight excluding hydrogens is 480 g/mol. The third-order valence-corrected chi connectivity index (χ3v) is 7.99. The van der Waals surface area contributed by atoms with Crippen LogP contribution >= 0.6 is 0 Å². The number of esters is 1. The molecule has 7 nitrogen and oxygen atoms in total. The van der Waals surface area contributed by atoms with Crippen molar-refractivity contribution in [3.05, 3.63) is 78.4 Å². The van der Waals surface area contributed by atoms with Gasteiger partial charge in [0.15, 0.2) is 0 Å². The second-order valence-corrected chi connectivity index (χ2v) is 10.2. The summed E-state index contributed by atoms with van der Waals surface area (Å²) in [4.78, 5) is 27.0. The van der Waals surface area contributed by atoms with Gasteiger partial charge in [0.25, 0.3) is 0 Å². The monoisotopic (exact) mass is 518 g/mol. The van der Waals surface area contributed by atoms with E-state index in [0.29, 0.717) is 5.75 Å². The fourth-order valence-corrected chi connectivity index (χ4v) is 6.24. The van der Waals surface area contributed by atoms with Gasteiger partial charge in [-0.25, -0.2) is 0 Å². The molecule has 1 saturated carbocycles. The molecule has 7 heteroatoms. The van der Waals surface area contributed by atoms with Crippen molar-refractivity contribution in [2.75, 3.05) is 33.9 Å². The average Bonchev–Trinajstić information content (AvgIpc) is 2.92. The van der Waals surface area contributed by atoms with Crippen LogP contribution in [0.2, 0.25) is 0 Å². The van der Waals surface area contributed by atoms with E-state index in [-0.39, 0.29) is 23.3 Å². The Bertz CT molecular complexity index is 1190. The molecule has 1 aliphatic carbocycles. The number of amides is 1. The molecule has 2 aliphatic rings.